The van der Waals surface area contributed by atoms with Crippen LogP contribution < -0.4 is 4.90 Å². The Balaban J connectivity index is 1.61. The SMILES string of the molecule is O=C(c1cccnc1)N(Cc1cnc2ccc(Cl)nc2c1)c1cccc2scnc12. The van der Waals surface area contributed by atoms with Gasteiger partial charge in [0.15, 0.2) is 0 Å². The van der Waals surface area contributed by atoms with Crippen molar-refractivity contribution < 1.29 is 4.79 Å². The van der Waals surface area contributed by atoms with Crippen molar-refractivity contribution in [1.82, 2.24) is 19.9 Å². The highest BCUT2D eigenvalue weighted by Crippen LogP contribution is 2.30. The van der Waals surface area contributed by atoms with Crippen LogP contribution in [-0.4, -0.2) is 25.8 Å². The molecule has 1 amide bonds. The second-order valence-electron chi connectivity index (χ2n) is 6.63. The Morgan fingerprint density at radius 3 is 2.83 bits per heavy atom. The molecule has 4 heterocycles. The van der Waals surface area contributed by atoms with E-state index in [4.69, 9.17) is 11.6 Å². The van der Waals surface area contributed by atoms with Crippen molar-refractivity contribution in [1.29, 1.82) is 0 Å². The van der Waals surface area contributed by atoms with E-state index in [1.54, 1.807) is 47.2 Å². The first kappa shape index (κ1) is 18.6. The number of pyridine rings is 3. The van der Waals surface area contributed by atoms with E-state index in [1.165, 1.54) is 11.3 Å². The van der Waals surface area contributed by atoms with Crippen molar-refractivity contribution in [3.63, 3.8) is 0 Å². The summed E-state index contributed by atoms with van der Waals surface area (Å²) in [6, 6.07) is 14.8. The number of para-hydroxylation sites is 1. The molecule has 0 N–H and O–H groups in total. The predicted molar refractivity (Wildman–Crippen MR) is 119 cm³/mol. The van der Waals surface area contributed by atoms with Crippen molar-refractivity contribution in [3.8, 4) is 0 Å². The summed E-state index contributed by atoms with van der Waals surface area (Å²) in [6.45, 7) is 0.307. The summed E-state index contributed by atoms with van der Waals surface area (Å²) >= 11 is 7.58. The van der Waals surface area contributed by atoms with E-state index >= 15 is 0 Å². The summed E-state index contributed by atoms with van der Waals surface area (Å²) in [5, 5.41) is 0.400. The second-order valence-corrected chi connectivity index (χ2v) is 7.90. The van der Waals surface area contributed by atoms with Crippen molar-refractivity contribution in [2.45, 2.75) is 6.54 Å². The smallest absolute Gasteiger partial charge is 0.260 e. The molecule has 0 radical (unpaired) electrons. The summed E-state index contributed by atoms with van der Waals surface area (Å²) in [6.07, 6.45) is 4.96. The summed E-state index contributed by atoms with van der Waals surface area (Å²) in [7, 11) is 0. The minimum Gasteiger partial charge on any atom is -0.302 e. The third-order valence-corrected chi connectivity index (χ3v) is 5.69. The van der Waals surface area contributed by atoms with Gasteiger partial charge in [0.25, 0.3) is 5.91 Å². The van der Waals surface area contributed by atoms with Crippen LogP contribution in [-0.2, 0) is 6.54 Å². The highest BCUT2D eigenvalue weighted by Gasteiger charge is 2.21. The molecule has 8 heteroatoms. The van der Waals surface area contributed by atoms with Crippen LogP contribution >= 0.6 is 22.9 Å². The molecule has 0 saturated heterocycles. The third kappa shape index (κ3) is 3.49. The molecule has 6 nitrogen and oxygen atoms in total. The van der Waals surface area contributed by atoms with Crippen LogP contribution in [0.15, 0.2) is 72.6 Å². The first-order valence-corrected chi connectivity index (χ1v) is 10.4. The lowest BCUT2D eigenvalue weighted by molar-refractivity contribution is 0.0985. The monoisotopic (exact) mass is 431 g/mol. The molecular formula is C22H14ClN5OS. The molecule has 1 aromatic carbocycles. The van der Waals surface area contributed by atoms with Gasteiger partial charge in [-0.2, -0.15) is 0 Å². The highest BCUT2D eigenvalue weighted by atomic mass is 35.5. The number of rotatable bonds is 4. The van der Waals surface area contributed by atoms with Crippen LogP contribution in [0.25, 0.3) is 21.3 Å². The Morgan fingerprint density at radius 2 is 1.97 bits per heavy atom. The zero-order valence-electron chi connectivity index (χ0n) is 15.6. The maximum absolute atomic E-state index is 13.4. The fourth-order valence-electron chi connectivity index (χ4n) is 3.29. The molecular weight excluding hydrogens is 418 g/mol. The summed E-state index contributed by atoms with van der Waals surface area (Å²) in [5.74, 6) is -0.164. The fourth-order valence-corrected chi connectivity index (χ4v) is 4.14. The Morgan fingerprint density at radius 1 is 1.03 bits per heavy atom. The number of hydrogen-bond acceptors (Lipinski definition) is 6. The van der Waals surface area contributed by atoms with Gasteiger partial charge < -0.3 is 4.90 Å². The lowest BCUT2D eigenvalue weighted by atomic mass is 10.1. The molecule has 146 valence electrons. The number of halogens is 1. The molecule has 0 aliphatic rings. The molecule has 0 aliphatic heterocycles. The largest absolute Gasteiger partial charge is 0.302 e. The average molecular weight is 432 g/mol. The number of aromatic nitrogens is 4. The van der Waals surface area contributed by atoms with Gasteiger partial charge in [0.05, 0.1) is 39.0 Å². The van der Waals surface area contributed by atoms with E-state index in [2.05, 4.69) is 19.9 Å². The molecule has 0 unspecified atom stereocenters. The number of carbonyl (C=O) groups excluding carboxylic acids is 1. The van der Waals surface area contributed by atoms with Gasteiger partial charge in [-0.25, -0.2) is 9.97 Å². The standard InChI is InChI=1S/C22H14ClN5OS/c23-20-7-6-16-17(27-20)9-14(10-25-16)12-28(22(29)15-3-2-8-24-11-15)18-4-1-5-19-21(18)26-13-30-19/h1-11,13H,12H2. The predicted octanol–water partition coefficient (Wildman–Crippen LogP) is 5.13. The van der Waals surface area contributed by atoms with Crippen molar-refractivity contribution in [3.05, 3.63) is 88.9 Å². The first-order valence-electron chi connectivity index (χ1n) is 9.14. The van der Waals surface area contributed by atoms with Gasteiger partial charge in [-0.1, -0.05) is 17.7 Å². The number of hydrogen-bond donors (Lipinski definition) is 0. The molecule has 0 aliphatic carbocycles. The number of nitrogens with zero attached hydrogens (tertiary/aromatic N) is 5. The quantitative estimate of drug-likeness (QED) is 0.368. The number of carbonyl (C=O) groups is 1. The zero-order valence-corrected chi connectivity index (χ0v) is 17.1. The van der Waals surface area contributed by atoms with Gasteiger partial charge in [-0.15, -0.1) is 11.3 Å². The van der Waals surface area contributed by atoms with Crippen molar-refractivity contribution in [2.24, 2.45) is 0 Å². The summed E-state index contributed by atoms with van der Waals surface area (Å²) in [4.78, 5) is 32.5. The van der Waals surface area contributed by atoms with E-state index < -0.39 is 0 Å². The lowest BCUT2D eigenvalue weighted by Crippen LogP contribution is -2.30. The molecule has 0 saturated carbocycles. The van der Waals surface area contributed by atoms with Crippen LogP contribution in [0.2, 0.25) is 5.15 Å². The first-order chi connectivity index (χ1) is 14.7. The minimum atomic E-state index is -0.164. The molecule has 5 rings (SSSR count). The maximum Gasteiger partial charge on any atom is 0.260 e. The number of thiazole rings is 1. The third-order valence-electron chi connectivity index (χ3n) is 4.68. The van der Waals surface area contributed by atoms with Crippen LogP contribution in [0.1, 0.15) is 15.9 Å². The maximum atomic E-state index is 13.4. The Hall–Kier alpha value is -3.42. The Labute approximate surface area is 180 Å². The van der Waals surface area contributed by atoms with Gasteiger partial charge in [0.1, 0.15) is 10.7 Å². The lowest BCUT2D eigenvalue weighted by Gasteiger charge is -2.23. The van der Waals surface area contributed by atoms with E-state index in [0.29, 0.717) is 22.8 Å². The highest BCUT2D eigenvalue weighted by molar-refractivity contribution is 7.16. The molecule has 0 atom stereocenters. The van der Waals surface area contributed by atoms with Crippen LogP contribution in [0.3, 0.4) is 0 Å². The van der Waals surface area contributed by atoms with E-state index in [9.17, 15) is 4.79 Å². The average Bonchev–Trinajstić information content (AvgIpc) is 3.26. The van der Waals surface area contributed by atoms with Gasteiger partial charge in [0, 0.05) is 18.6 Å². The van der Waals surface area contributed by atoms with E-state index in [1.807, 2.05) is 30.3 Å². The van der Waals surface area contributed by atoms with E-state index in [-0.39, 0.29) is 5.91 Å². The zero-order chi connectivity index (χ0) is 20.5. The Bertz CT molecular complexity index is 1370. The second kappa shape index (κ2) is 7.78. The molecule has 4 aromatic heterocycles. The van der Waals surface area contributed by atoms with Crippen molar-refractivity contribution in [2.75, 3.05) is 4.90 Å². The number of amides is 1. The molecule has 30 heavy (non-hydrogen) atoms. The summed E-state index contributed by atoms with van der Waals surface area (Å²) in [5.41, 5.74) is 6.07. The van der Waals surface area contributed by atoms with Crippen LogP contribution in [0, 0.1) is 0 Å². The normalized spacial score (nSPS) is 11.1. The minimum absolute atomic E-state index is 0.164. The molecule has 5 aromatic rings. The number of fused-ring (bicyclic) bond motifs is 2. The van der Waals surface area contributed by atoms with Gasteiger partial charge in [0.2, 0.25) is 0 Å². The number of benzene rings is 1. The topological polar surface area (TPSA) is 71.9 Å². The van der Waals surface area contributed by atoms with Crippen molar-refractivity contribution >= 4 is 55.8 Å². The molecule has 0 spiro atoms. The summed E-state index contributed by atoms with van der Waals surface area (Å²) < 4.78 is 1.02. The van der Waals surface area contributed by atoms with E-state index in [0.717, 1.165) is 27.0 Å². The molecule has 0 bridgehead atoms. The fraction of sp³-hybridized carbons (Fsp3) is 0.0455. The van der Waals surface area contributed by atoms with Crippen LogP contribution in [0.5, 0.6) is 0 Å². The van der Waals surface area contributed by atoms with Gasteiger partial charge >= 0.3 is 0 Å². The van der Waals surface area contributed by atoms with Gasteiger partial charge in [-0.3, -0.25) is 14.8 Å². The van der Waals surface area contributed by atoms with Crippen LogP contribution in [0.4, 0.5) is 5.69 Å². The Kier molecular flexibility index (Phi) is 4.82. The number of anilines is 1. The molecule has 0 fully saturated rings. The van der Waals surface area contributed by atoms with Gasteiger partial charge in [-0.05, 0) is 48.0 Å².